The maximum absolute atomic E-state index is 12.7. The third-order valence-electron chi connectivity index (χ3n) is 4.81. The van der Waals surface area contributed by atoms with Gasteiger partial charge < -0.3 is 10.2 Å². The van der Waals surface area contributed by atoms with Crippen molar-refractivity contribution in [1.29, 1.82) is 0 Å². The van der Waals surface area contributed by atoms with E-state index in [4.69, 9.17) is 0 Å². The van der Waals surface area contributed by atoms with E-state index in [9.17, 15) is 4.79 Å². The van der Waals surface area contributed by atoms with Crippen LogP contribution in [-0.4, -0.2) is 30.4 Å². The van der Waals surface area contributed by atoms with Crippen LogP contribution < -0.4 is 5.32 Å². The van der Waals surface area contributed by atoms with Gasteiger partial charge in [0.2, 0.25) is 0 Å². The van der Waals surface area contributed by atoms with Gasteiger partial charge in [0.25, 0.3) is 5.91 Å². The van der Waals surface area contributed by atoms with Crippen LogP contribution in [0, 0.1) is 0 Å². The highest BCUT2D eigenvalue weighted by atomic mass is 35.5. The molecule has 1 atom stereocenters. The smallest absolute Gasteiger partial charge is 0.253 e. The number of fused-ring (bicyclic) bond motifs is 1. The lowest BCUT2D eigenvalue weighted by Crippen LogP contribution is -2.28. The largest absolute Gasteiger partial charge is 0.384 e. The number of halogens is 1. The van der Waals surface area contributed by atoms with Crippen LogP contribution in [0.4, 0.5) is 5.69 Å². The number of rotatable bonds is 2. The summed E-state index contributed by atoms with van der Waals surface area (Å²) < 4.78 is 0. The second kappa shape index (κ2) is 6.63. The van der Waals surface area contributed by atoms with E-state index in [1.165, 1.54) is 16.8 Å². The Balaban J connectivity index is 0.00000156. The fourth-order valence-corrected chi connectivity index (χ4v) is 3.56. The van der Waals surface area contributed by atoms with Crippen molar-refractivity contribution in [3.05, 3.63) is 65.2 Å². The second-order valence-corrected chi connectivity index (χ2v) is 6.20. The standard InChI is InChI=1S/C19H20N2O.ClH/c22-19(16-6-7-18-15(12-16)8-10-20-18)21-11-9-17(13-21)14-4-2-1-3-5-14;/h1-7,12,17,20H,8-11,13H2;1H. The number of likely N-dealkylation sites (tertiary alicyclic amines) is 1. The van der Waals surface area contributed by atoms with E-state index in [0.29, 0.717) is 5.92 Å². The van der Waals surface area contributed by atoms with Crippen molar-refractivity contribution in [3.63, 3.8) is 0 Å². The first-order chi connectivity index (χ1) is 10.8. The van der Waals surface area contributed by atoms with Crippen LogP contribution >= 0.6 is 12.4 Å². The van der Waals surface area contributed by atoms with Crippen LogP contribution in [0.3, 0.4) is 0 Å². The van der Waals surface area contributed by atoms with Crippen LogP contribution in [0.1, 0.15) is 33.8 Å². The predicted octanol–water partition coefficient (Wildman–Crippen LogP) is 3.71. The molecule has 1 fully saturated rings. The molecule has 4 heteroatoms. The molecule has 0 spiro atoms. The summed E-state index contributed by atoms with van der Waals surface area (Å²) in [6.07, 6.45) is 2.07. The van der Waals surface area contributed by atoms with Crippen LogP contribution in [0.5, 0.6) is 0 Å². The monoisotopic (exact) mass is 328 g/mol. The number of hydrogen-bond donors (Lipinski definition) is 1. The SMILES string of the molecule is Cl.O=C(c1ccc2c(c1)CCN2)N1CCC(c2ccccc2)C1. The minimum Gasteiger partial charge on any atom is -0.384 e. The van der Waals surface area contributed by atoms with Gasteiger partial charge >= 0.3 is 0 Å². The summed E-state index contributed by atoms with van der Waals surface area (Å²) in [7, 11) is 0. The first-order valence-electron chi connectivity index (χ1n) is 8.02. The van der Waals surface area contributed by atoms with E-state index in [1.807, 2.05) is 23.1 Å². The van der Waals surface area contributed by atoms with Gasteiger partial charge in [-0.2, -0.15) is 0 Å². The molecule has 120 valence electrons. The molecule has 4 rings (SSSR count). The summed E-state index contributed by atoms with van der Waals surface area (Å²) in [6.45, 7) is 2.67. The van der Waals surface area contributed by atoms with Crippen molar-refractivity contribution in [1.82, 2.24) is 4.90 Å². The van der Waals surface area contributed by atoms with Crippen molar-refractivity contribution in [2.45, 2.75) is 18.8 Å². The molecule has 0 aliphatic carbocycles. The van der Waals surface area contributed by atoms with Crippen molar-refractivity contribution in [3.8, 4) is 0 Å². The highest BCUT2D eigenvalue weighted by molar-refractivity contribution is 5.95. The zero-order valence-corrected chi connectivity index (χ0v) is 13.8. The van der Waals surface area contributed by atoms with Crippen LogP contribution in [0.2, 0.25) is 0 Å². The molecule has 0 aromatic heterocycles. The summed E-state index contributed by atoms with van der Waals surface area (Å²) in [5.74, 6) is 0.648. The van der Waals surface area contributed by atoms with Gasteiger partial charge in [-0.3, -0.25) is 4.79 Å². The number of hydrogen-bond acceptors (Lipinski definition) is 2. The first kappa shape index (κ1) is 15.9. The lowest BCUT2D eigenvalue weighted by molar-refractivity contribution is 0.0790. The Morgan fingerprint density at radius 3 is 2.78 bits per heavy atom. The molecule has 1 amide bonds. The Morgan fingerprint density at radius 1 is 1.13 bits per heavy atom. The van der Waals surface area contributed by atoms with Gasteiger partial charge in [0.05, 0.1) is 0 Å². The predicted molar refractivity (Wildman–Crippen MR) is 95.6 cm³/mol. The number of carbonyl (C=O) groups is 1. The molecule has 23 heavy (non-hydrogen) atoms. The number of anilines is 1. The molecule has 2 aliphatic rings. The Hall–Kier alpha value is -2.00. The van der Waals surface area contributed by atoms with Crippen molar-refractivity contribution >= 4 is 24.0 Å². The maximum Gasteiger partial charge on any atom is 0.253 e. The molecule has 0 radical (unpaired) electrons. The normalized spacial score (nSPS) is 19.0. The van der Waals surface area contributed by atoms with Crippen molar-refractivity contribution in [2.75, 3.05) is 25.0 Å². The average Bonchev–Trinajstić information content (AvgIpc) is 3.23. The number of nitrogens with one attached hydrogen (secondary N) is 1. The zero-order chi connectivity index (χ0) is 14.9. The lowest BCUT2D eigenvalue weighted by atomic mass is 9.99. The van der Waals surface area contributed by atoms with Gasteiger partial charge in [-0.1, -0.05) is 30.3 Å². The third-order valence-corrected chi connectivity index (χ3v) is 4.81. The Bertz CT molecular complexity index is 702. The highest BCUT2D eigenvalue weighted by Crippen LogP contribution is 2.29. The topological polar surface area (TPSA) is 32.3 Å². The molecular formula is C19H21ClN2O. The van der Waals surface area contributed by atoms with E-state index >= 15 is 0 Å². The zero-order valence-electron chi connectivity index (χ0n) is 13.0. The molecule has 0 bridgehead atoms. The Morgan fingerprint density at radius 2 is 1.96 bits per heavy atom. The van der Waals surface area contributed by atoms with E-state index in [0.717, 1.165) is 38.0 Å². The summed E-state index contributed by atoms with van der Waals surface area (Å²) in [5.41, 5.74) is 4.62. The van der Waals surface area contributed by atoms with Crippen LogP contribution in [-0.2, 0) is 6.42 Å². The third kappa shape index (κ3) is 3.06. The minimum absolute atomic E-state index is 0. The van der Waals surface area contributed by atoms with Crippen molar-refractivity contribution in [2.24, 2.45) is 0 Å². The van der Waals surface area contributed by atoms with E-state index in [2.05, 4.69) is 35.6 Å². The number of benzene rings is 2. The summed E-state index contributed by atoms with van der Waals surface area (Å²) in [6, 6.07) is 16.6. The molecule has 2 heterocycles. The van der Waals surface area contributed by atoms with Gasteiger partial charge in [-0.05, 0) is 42.2 Å². The molecule has 3 nitrogen and oxygen atoms in total. The van der Waals surface area contributed by atoms with Crippen LogP contribution in [0.15, 0.2) is 48.5 Å². The second-order valence-electron chi connectivity index (χ2n) is 6.20. The van der Waals surface area contributed by atoms with Gasteiger partial charge in [0.1, 0.15) is 0 Å². The summed E-state index contributed by atoms with van der Waals surface area (Å²) in [4.78, 5) is 14.7. The fourth-order valence-electron chi connectivity index (χ4n) is 3.56. The molecule has 1 N–H and O–H groups in total. The van der Waals surface area contributed by atoms with Crippen molar-refractivity contribution < 1.29 is 4.79 Å². The molecule has 2 aliphatic heterocycles. The number of carbonyl (C=O) groups excluding carboxylic acids is 1. The molecular weight excluding hydrogens is 308 g/mol. The van der Waals surface area contributed by atoms with Gasteiger partial charge in [-0.25, -0.2) is 0 Å². The molecule has 0 saturated carbocycles. The molecule has 1 saturated heterocycles. The van der Waals surface area contributed by atoms with E-state index < -0.39 is 0 Å². The van der Waals surface area contributed by atoms with Gasteiger partial charge in [0.15, 0.2) is 0 Å². The average molecular weight is 329 g/mol. The lowest BCUT2D eigenvalue weighted by Gasteiger charge is -2.17. The molecule has 2 aromatic rings. The van der Waals surface area contributed by atoms with Crippen LogP contribution in [0.25, 0.3) is 0 Å². The maximum atomic E-state index is 12.7. The number of nitrogens with zero attached hydrogens (tertiary/aromatic N) is 1. The quantitative estimate of drug-likeness (QED) is 0.911. The number of amides is 1. The van der Waals surface area contributed by atoms with E-state index in [1.54, 1.807) is 0 Å². The minimum atomic E-state index is 0. The van der Waals surface area contributed by atoms with Gasteiger partial charge in [0, 0.05) is 36.8 Å². The Labute approximate surface area is 143 Å². The highest BCUT2D eigenvalue weighted by Gasteiger charge is 2.28. The molecule has 1 unspecified atom stereocenters. The summed E-state index contributed by atoms with van der Waals surface area (Å²) >= 11 is 0. The van der Waals surface area contributed by atoms with E-state index in [-0.39, 0.29) is 18.3 Å². The molecule has 2 aromatic carbocycles. The van der Waals surface area contributed by atoms with Gasteiger partial charge in [-0.15, -0.1) is 12.4 Å². The summed E-state index contributed by atoms with van der Waals surface area (Å²) in [5, 5.41) is 3.34. The fraction of sp³-hybridized carbons (Fsp3) is 0.316. The Kier molecular flexibility index (Phi) is 4.58. The first-order valence-corrected chi connectivity index (χ1v) is 8.02.